The van der Waals surface area contributed by atoms with Crippen molar-refractivity contribution in [1.29, 1.82) is 0 Å². The second-order valence-electron chi connectivity index (χ2n) is 12.3. The second-order valence-corrected chi connectivity index (χ2v) is 12.3. The average Bonchev–Trinajstić information content (AvgIpc) is 3.57. The maximum absolute atomic E-state index is 14.0. The predicted molar refractivity (Wildman–Crippen MR) is 159 cm³/mol. The highest BCUT2D eigenvalue weighted by Crippen LogP contribution is 2.52. The third kappa shape index (κ3) is 5.66. The third-order valence-corrected chi connectivity index (χ3v) is 9.66. The highest BCUT2D eigenvalue weighted by Gasteiger charge is 2.58. The molecule has 2 aliphatic heterocycles. The van der Waals surface area contributed by atoms with Crippen LogP contribution in [0, 0.1) is 17.8 Å². The van der Waals surface area contributed by atoms with Crippen LogP contribution in [-0.2, 0) is 20.9 Å². The third-order valence-electron chi connectivity index (χ3n) is 9.66. The first-order valence-corrected chi connectivity index (χ1v) is 15.7. The van der Waals surface area contributed by atoms with Crippen LogP contribution in [0.4, 0.5) is 0 Å². The van der Waals surface area contributed by atoms with Gasteiger partial charge in [0.1, 0.15) is 18.1 Å². The van der Waals surface area contributed by atoms with Crippen LogP contribution in [0.25, 0.3) is 11.6 Å². The molecule has 42 heavy (non-hydrogen) atoms. The number of fused-ring (bicyclic) bond motifs is 3. The number of allylic oxidation sites excluding steroid dienone is 2. The van der Waals surface area contributed by atoms with Crippen molar-refractivity contribution in [3.63, 3.8) is 0 Å². The van der Waals surface area contributed by atoms with E-state index in [1.54, 1.807) is 17.2 Å². The van der Waals surface area contributed by atoms with Crippen molar-refractivity contribution >= 4 is 30.6 Å². The van der Waals surface area contributed by atoms with Crippen LogP contribution >= 0.6 is 0 Å². The highest BCUT2D eigenvalue weighted by molar-refractivity contribution is 6.43. The lowest BCUT2D eigenvalue weighted by Gasteiger charge is -2.43. The molecule has 0 aromatic carbocycles. The van der Waals surface area contributed by atoms with Gasteiger partial charge in [0.25, 0.3) is 0 Å². The van der Waals surface area contributed by atoms with Gasteiger partial charge < -0.3 is 19.2 Å². The molecule has 6 rings (SSSR count). The van der Waals surface area contributed by atoms with Gasteiger partial charge in [0.05, 0.1) is 23.6 Å². The molecule has 4 heterocycles. The number of pyridine rings is 1. The summed E-state index contributed by atoms with van der Waals surface area (Å²) in [4.78, 5) is 33.9. The fourth-order valence-corrected chi connectivity index (χ4v) is 7.87. The number of carbonyl (C=O) groups excluding carboxylic acids is 2. The number of furan rings is 1. The number of hydrogen-bond donors (Lipinski definition) is 2. The van der Waals surface area contributed by atoms with Crippen LogP contribution in [0.2, 0.25) is 6.32 Å². The zero-order chi connectivity index (χ0) is 29.2. The lowest BCUT2D eigenvalue weighted by molar-refractivity contribution is -0.143. The van der Waals surface area contributed by atoms with Crippen LogP contribution in [-0.4, -0.2) is 51.1 Å². The van der Waals surface area contributed by atoms with Gasteiger partial charge in [0.2, 0.25) is 11.8 Å². The summed E-state index contributed by atoms with van der Waals surface area (Å²) < 4.78 is 12.0. The van der Waals surface area contributed by atoms with Crippen molar-refractivity contribution < 1.29 is 28.8 Å². The van der Waals surface area contributed by atoms with Crippen molar-refractivity contribution in [1.82, 2.24) is 9.88 Å². The smallest absolute Gasteiger partial charge is 0.455 e. The first-order valence-electron chi connectivity index (χ1n) is 15.7. The quantitative estimate of drug-likeness (QED) is 0.235. The molecular weight excluding hydrogens is 531 g/mol. The molecule has 1 saturated carbocycles. The molecule has 2 amide bonds. The minimum absolute atomic E-state index is 0.00292. The molecule has 9 heteroatoms. The Bertz CT molecular complexity index is 1350. The van der Waals surface area contributed by atoms with Crippen molar-refractivity contribution in [2.75, 3.05) is 0 Å². The number of carbonyl (C=O) groups is 2. The number of aromatic nitrogens is 1. The van der Waals surface area contributed by atoms with Gasteiger partial charge >= 0.3 is 7.12 Å². The van der Waals surface area contributed by atoms with Crippen LogP contribution < -0.4 is 0 Å². The summed E-state index contributed by atoms with van der Waals surface area (Å²) in [6, 6.07) is 9.37. The van der Waals surface area contributed by atoms with Crippen LogP contribution in [0.5, 0.6) is 0 Å². The number of nitrogens with zero attached hydrogens (tertiary/aromatic N) is 2. The second kappa shape index (κ2) is 12.7. The topological polar surface area (TPSA) is 113 Å². The maximum Gasteiger partial charge on any atom is 0.455 e. The predicted octanol–water partition coefficient (Wildman–Crippen LogP) is 5.42. The van der Waals surface area contributed by atoms with E-state index in [1.807, 2.05) is 30.3 Å². The van der Waals surface area contributed by atoms with Gasteiger partial charge in [0.15, 0.2) is 0 Å². The van der Waals surface area contributed by atoms with E-state index in [0.717, 1.165) is 61.8 Å². The molecule has 3 fully saturated rings. The summed E-state index contributed by atoms with van der Waals surface area (Å²) in [5.41, 5.74) is 4.14. The first kappa shape index (κ1) is 29.1. The van der Waals surface area contributed by atoms with Crippen LogP contribution in [0.15, 0.2) is 52.1 Å². The lowest BCUT2D eigenvalue weighted by Crippen LogP contribution is -2.46. The fourth-order valence-electron chi connectivity index (χ4n) is 7.87. The van der Waals surface area contributed by atoms with Gasteiger partial charge in [-0.1, -0.05) is 44.2 Å². The van der Waals surface area contributed by atoms with E-state index >= 15 is 0 Å². The maximum atomic E-state index is 14.0. The molecule has 2 aliphatic carbocycles. The van der Waals surface area contributed by atoms with E-state index in [9.17, 15) is 19.7 Å². The van der Waals surface area contributed by atoms with Gasteiger partial charge in [-0.3, -0.25) is 19.5 Å². The Morgan fingerprint density at radius 1 is 1.12 bits per heavy atom. The van der Waals surface area contributed by atoms with Crippen molar-refractivity contribution in [3.05, 3.63) is 64.9 Å². The minimum atomic E-state index is -0.989. The SMILES string of the molecule is CCCC1=C2[C@@H](CC/C(=C/c3ccc(CO)o3)c3ccccn3)OB(O)C[C@@H]2[C@@H]2C(=O)N(C3CCCCC3)C(=O)[C@@H]2C1. The molecule has 2 aromatic heterocycles. The number of aliphatic hydroxyl groups excluding tert-OH is 1. The summed E-state index contributed by atoms with van der Waals surface area (Å²) in [7, 11) is -0.989. The number of hydrogen-bond acceptors (Lipinski definition) is 7. The van der Waals surface area contributed by atoms with E-state index in [0.29, 0.717) is 37.1 Å². The van der Waals surface area contributed by atoms with E-state index in [4.69, 9.17) is 9.07 Å². The zero-order valence-electron chi connectivity index (χ0n) is 24.4. The van der Waals surface area contributed by atoms with Crippen molar-refractivity contribution in [2.45, 2.75) is 96.2 Å². The molecule has 0 bridgehead atoms. The Hall–Kier alpha value is -3.01. The molecule has 222 valence electrons. The van der Waals surface area contributed by atoms with Gasteiger partial charge in [0, 0.05) is 12.2 Å². The zero-order valence-corrected chi connectivity index (χ0v) is 24.4. The largest absolute Gasteiger partial charge is 0.459 e. The number of likely N-dealkylation sites (tertiary alicyclic amines) is 1. The fraction of sp³-hybridized carbons (Fsp3) is 0.545. The Morgan fingerprint density at radius 3 is 2.67 bits per heavy atom. The Morgan fingerprint density at radius 2 is 1.95 bits per heavy atom. The molecule has 2 saturated heterocycles. The summed E-state index contributed by atoms with van der Waals surface area (Å²) >= 11 is 0. The number of amides is 2. The molecule has 2 N–H and O–H groups in total. The summed E-state index contributed by atoms with van der Waals surface area (Å²) in [5.74, 6) is 0.158. The summed E-state index contributed by atoms with van der Waals surface area (Å²) in [5, 5.41) is 20.4. The molecule has 0 radical (unpaired) electrons. The standard InChI is InChI=1S/C33H41BN2O6/c1-2-8-22-18-26-31(33(39)36(32(26)38)23-9-4-3-5-10-23)27-19-34(40)42-29(30(22)27)15-12-21(28-11-6-7-16-35-28)17-24-13-14-25(20-37)41-24/h6-7,11,13-14,16-17,23,26-27,29,31,37,40H,2-5,8-10,12,15,18-20H2,1H3/b21-17-/t26-,27+,29-,31-/m1/s1. The summed E-state index contributed by atoms with van der Waals surface area (Å²) in [6.45, 7) is 1.97. The normalized spacial score (nSPS) is 27.1. The van der Waals surface area contributed by atoms with Crippen LogP contribution in [0.3, 0.4) is 0 Å². The minimum Gasteiger partial charge on any atom is -0.459 e. The molecule has 0 spiro atoms. The average molecular weight is 573 g/mol. The van der Waals surface area contributed by atoms with Gasteiger partial charge in [-0.2, -0.15) is 0 Å². The summed E-state index contributed by atoms with van der Waals surface area (Å²) in [6.07, 6.45) is 12.4. The Balaban J connectivity index is 1.30. The first-order chi connectivity index (χ1) is 20.5. The van der Waals surface area contributed by atoms with Gasteiger partial charge in [-0.15, -0.1) is 0 Å². The molecular formula is C33H41BN2O6. The Kier molecular flexibility index (Phi) is 8.79. The Labute approximate surface area is 248 Å². The highest BCUT2D eigenvalue weighted by atomic mass is 16.5. The molecule has 2 aromatic rings. The number of rotatable bonds is 9. The van der Waals surface area contributed by atoms with Gasteiger partial charge in [-0.05, 0) is 92.3 Å². The molecule has 8 nitrogen and oxygen atoms in total. The molecule has 4 aliphatic rings. The molecule has 4 atom stereocenters. The van der Waals surface area contributed by atoms with E-state index in [1.165, 1.54) is 5.57 Å². The lowest BCUT2D eigenvalue weighted by atomic mass is 9.58. The number of aliphatic hydroxyl groups is 1. The molecule has 0 unspecified atom stereocenters. The van der Waals surface area contributed by atoms with Gasteiger partial charge in [-0.25, -0.2) is 0 Å². The van der Waals surface area contributed by atoms with Crippen molar-refractivity contribution in [3.8, 4) is 0 Å². The van der Waals surface area contributed by atoms with E-state index in [2.05, 4.69) is 11.9 Å². The monoisotopic (exact) mass is 572 g/mol. The number of imide groups is 1. The van der Waals surface area contributed by atoms with Crippen LogP contribution in [0.1, 0.15) is 88.3 Å². The van der Waals surface area contributed by atoms with E-state index < -0.39 is 13.0 Å². The van der Waals surface area contributed by atoms with Crippen molar-refractivity contribution in [2.24, 2.45) is 17.8 Å². The van der Waals surface area contributed by atoms with E-state index in [-0.39, 0.29) is 42.4 Å².